The van der Waals surface area contributed by atoms with E-state index in [0.29, 0.717) is 29.4 Å². The minimum absolute atomic E-state index is 0.130. The standard InChI is InChI=1S/C21H21N3O5S/c1-14-3-5-17(30(22,26)27)12-18(14)21(25)24-16-4-6-19(28-2)20(11-16)29-13-15-7-9-23-10-8-15/h3-12H,13H2,1-2H3,(H,24,25)(H2,22,26,27). The number of carbonyl (C=O) groups is 1. The molecule has 0 aliphatic carbocycles. The molecule has 8 nitrogen and oxygen atoms in total. The van der Waals surface area contributed by atoms with E-state index < -0.39 is 15.9 Å². The van der Waals surface area contributed by atoms with Gasteiger partial charge in [-0.05, 0) is 54.4 Å². The molecule has 0 aliphatic rings. The molecule has 2 aromatic carbocycles. The minimum atomic E-state index is -3.92. The third-order valence-electron chi connectivity index (χ3n) is 4.35. The van der Waals surface area contributed by atoms with Gasteiger partial charge in [-0.25, -0.2) is 13.6 Å². The summed E-state index contributed by atoms with van der Waals surface area (Å²) in [6, 6.07) is 12.8. The van der Waals surface area contributed by atoms with Gasteiger partial charge in [0.2, 0.25) is 10.0 Å². The van der Waals surface area contributed by atoms with Gasteiger partial charge in [0.15, 0.2) is 11.5 Å². The molecule has 0 atom stereocenters. The number of ether oxygens (including phenoxy) is 2. The fraction of sp³-hybridized carbons (Fsp3) is 0.143. The number of benzene rings is 2. The molecule has 0 aliphatic heterocycles. The monoisotopic (exact) mass is 427 g/mol. The first-order valence-corrected chi connectivity index (χ1v) is 10.5. The van der Waals surface area contributed by atoms with Crippen molar-refractivity contribution < 1.29 is 22.7 Å². The number of hydrogen-bond acceptors (Lipinski definition) is 6. The van der Waals surface area contributed by atoms with E-state index in [2.05, 4.69) is 10.3 Å². The second-order valence-corrected chi connectivity index (χ2v) is 8.05. The van der Waals surface area contributed by atoms with Crippen LogP contribution in [-0.2, 0) is 16.6 Å². The van der Waals surface area contributed by atoms with Crippen LogP contribution in [-0.4, -0.2) is 26.4 Å². The number of primary sulfonamides is 1. The average Bonchev–Trinajstić information content (AvgIpc) is 2.72. The number of carbonyl (C=O) groups excluding carboxylic acids is 1. The normalized spacial score (nSPS) is 11.0. The van der Waals surface area contributed by atoms with E-state index in [0.717, 1.165) is 5.56 Å². The molecule has 3 N–H and O–H groups in total. The van der Waals surface area contributed by atoms with Crippen LogP contribution in [0.2, 0.25) is 0 Å². The molecular formula is C21H21N3O5S. The molecule has 0 fully saturated rings. The molecule has 0 unspecified atom stereocenters. The maximum atomic E-state index is 12.7. The van der Waals surface area contributed by atoms with Crippen molar-refractivity contribution in [2.45, 2.75) is 18.4 Å². The Labute approximate surface area is 174 Å². The Balaban J connectivity index is 1.82. The molecule has 156 valence electrons. The second-order valence-electron chi connectivity index (χ2n) is 6.49. The molecule has 1 amide bonds. The van der Waals surface area contributed by atoms with Crippen LogP contribution < -0.4 is 19.9 Å². The summed E-state index contributed by atoms with van der Waals surface area (Å²) in [5.41, 5.74) is 2.21. The summed E-state index contributed by atoms with van der Waals surface area (Å²) >= 11 is 0. The Morgan fingerprint density at radius 1 is 1.07 bits per heavy atom. The first kappa shape index (κ1) is 21.3. The van der Waals surface area contributed by atoms with Gasteiger partial charge in [-0.3, -0.25) is 9.78 Å². The molecule has 0 saturated heterocycles. The van der Waals surface area contributed by atoms with E-state index in [1.807, 2.05) is 12.1 Å². The van der Waals surface area contributed by atoms with Gasteiger partial charge < -0.3 is 14.8 Å². The number of rotatable bonds is 7. The number of sulfonamides is 1. The Kier molecular flexibility index (Phi) is 6.34. The molecule has 1 heterocycles. The molecule has 0 spiro atoms. The van der Waals surface area contributed by atoms with Gasteiger partial charge in [-0.2, -0.15) is 0 Å². The summed E-state index contributed by atoms with van der Waals surface area (Å²) in [5, 5.41) is 7.92. The summed E-state index contributed by atoms with van der Waals surface area (Å²) in [6.07, 6.45) is 3.34. The molecule has 30 heavy (non-hydrogen) atoms. The van der Waals surface area contributed by atoms with Gasteiger partial charge in [-0.1, -0.05) is 6.07 Å². The number of nitrogens with zero attached hydrogens (tertiary/aromatic N) is 1. The molecule has 3 rings (SSSR count). The van der Waals surface area contributed by atoms with Crippen molar-refractivity contribution in [2.75, 3.05) is 12.4 Å². The fourth-order valence-corrected chi connectivity index (χ4v) is 3.27. The zero-order chi connectivity index (χ0) is 21.7. The zero-order valence-electron chi connectivity index (χ0n) is 16.5. The molecule has 0 bridgehead atoms. The van der Waals surface area contributed by atoms with Gasteiger partial charge in [0, 0.05) is 29.7 Å². The second kappa shape index (κ2) is 8.93. The molecule has 9 heteroatoms. The van der Waals surface area contributed by atoms with Crippen LogP contribution in [0, 0.1) is 6.92 Å². The van der Waals surface area contributed by atoms with Gasteiger partial charge >= 0.3 is 0 Å². The third kappa shape index (κ3) is 5.13. The van der Waals surface area contributed by atoms with Gasteiger partial charge in [0.25, 0.3) is 5.91 Å². The first-order valence-electron chi connectivity index (χ1n) is 8.92. The Bertz CT molecular complexity index is 1160. The van der Waals surface area contributed by atoms with Crippen molar-refractivity contribution in [1.29, 1.82) is 0 Å². The number of aryl methyl sites for hydroxylation is 1. The predicted octanol–water partition coefficient (Wildman–Crippen LogP) is 2.88. The molecular weight excluding hydrogens is 406 g/mol. The third-order valence-corrected chi connectivity index (χ3v) is 5.26. The van der Waals surface area contributed by atoms with Gasteiger partial charge in [0.05, 0.1) is 12.0 Å². The van der Waals surface area contributed by atoms with E-state index in [9.17, 15) is 13.2 Å². The number of aromatic nitrogens is 1. The quantitative estimate of drug-likeness (QED) is 0.598. The van der Waals surface area contributed by atoms with Crippen molar-refractivity contribution in [3.63, 3.8) is 0 Å². The fourth-order valence-electron chi connectivity index (χ4n) is 2.73. The highest BCUT2D eigenvalue weighted by molar-refractivity contribution is 7.89. The number of nitrogens with two attached hydrogens (primary N) is 1. The summed E-state index contributed by atoms with van der Waals surface area (Å²) in [4.78, 5) is 16.6. The van der Waals surface area contributed by atoms with Crippen LogP contribution >= 0.6 is 0 Å². The molecule has 1 aromatic heterocycles. The SMILES string of the molecule is COc1ccc(NC(=O)c2cc(S(N)(=O)=O)ccc2C)cc1OCc1ccncc1. The smallest absolute Gasteiger partial charge is 0.255 e. The van der Waals surface area contributed by atoms with E-state index in [1.54, 1.807) is 37.5 Å². The predicted molar refractivity (Wildman–Crippen MR) is 112 cm³/mol. The number of hydrogen-bond donors (Lipinski definition) is 2. The summed E-state index contributed by atoms with van der Waals surface area (Å²) < 4.78 is 34.3. The average molecular weight is 427 g/mol. The van der Waals surface area contributed by atoms with Crippen LogP contribution in [0.1, 0.15) is 21.5 Å². The zero-order valence-corrected chi connectivity index (χ0v) is 17.3. The van der Waals surface area contributed by atoms with Gasteiger partial charge in [0.1, 0.15) is 6.61 Å². The Morgan fingerprint density at radius 2 is 1.80 bits per heavy atom. The van der Waals surface area contributed by atoms with Crippen LogP contribution in [0.25, 0.3) is 0 Å². The number of amides is 1. The summed E-state index contributed by atoms with van der Waals surface area (Å²) in [6.45, 7) is 2.00. The molecule has 0 radical (unpaired) electrons. The van der Waals surface area contributed by atoms with Crippen molar-refractivity contribution in [2.24, 2.45) is 5.14 Å². The number of nitrogens with one attached hydrogen (secondary N) is 1. The van der Waals surface area contributed by atoms with E-state index in [1.165, 1.54) is 25.3 Å². The maximum Gasteiger partial charge on any atom is 0.255 e. The van der Waals surface area contributed by atoms with Crippen LogP contribution in [0.4, 0.5) is 5.69 Å². The number of anilines is 1. The maximum absolute atomic E-state index is 12.7. The van der Waals surface area contributed by atoms with E-state index in [-0.39, 0.29) is 10.5 Å². The van der Waals surface area contributed by atoms with Crippen molar-refractivity contribution in [3.8, 4) is 11.5 Å². The van der Waals surface area contributed by atoms with E-state index in [4.69, 9.17) is 14.6 Å². The summed E-state index contributed by atoms with van der Waals surface area (Å²) in [7, 11) is -2.40. The van der Waals surface area contributed by atoms with Crippen molar-refractivity contribution >= 4 is 21.6 Å². The van der Waals surface area contributed by atoms with E-state index >= 15 is 0 Å². The lowest BCUT2D eigenvalue weighted by molar-refractivity contribution is 0.102. The first-order chi connectivity index (χ1) is 14.3. The van der Waals surface area contributed by atoms with Crippen LogP contribution in [0.15, 0.2) is 65.8 Å². The topological polar surface area (TPSA) is 121 Å². The lowest BCUT2D eigenvalue weighted by atomic mass is 10.1. The highest BCUT2D eigenvalue weighted by Crippen LogP contribution is 2.31. The Hall–Kier alpha value is -3.43. The number of pyridine rings is 1. The molecule has 3 aromatic rings. The summed E-state index contributed by atoms with van der Waals surface area (Å²) in [5.74, 6) is 0.486. The van der Waals surface area contributed by atoms with Crippen molar-refractivity contribution in [1.82, 2.24) is 4.98 Å². The minimum Gasteiger partial charge on any atom is -0.493 e. The van der Waals surface area contributed by atoms with Crippen LogP contribution in [0.5, 0.6) is 11.5 Å². The largest absolute Gasteiger partial charge is 0.493 e. The van der Waals surface area contributed by atoms with Crippen molar-refractivity contribution in [3.05, 3.63) is 77.6 Å². The van der Waals surface area contributed by atoms with Gasteiger partial charge in [-0.15, -0.1) is 0 Å². The highest BCUT2D eigenvalue weighted by atomic mass is 32.2. The lowest BCUT2D eigenvalue weighted by Gasteiger charge is -2.14. The molecule has 0 saturated carbocycles. The highest BCUT2D eigenvalue weighted by Gasteiger charge is 2.16. The Morgan fingerprint density at radius 3 is 2.47 bits per heavy atom. The number of methoxy groups -OCH3 is 1. The lowest BCUT2D eigenvalue weighted by Crippen LogP contribution is -2.17. The van der Waals surface area contributed by atoms with Crippen LogP contribution in [0.3, 0.4) is 0 Å².